The van der Waals surface area contributed by atoms with Crippen LogP contribution in [0.4, 0.5) is 4.79 Å². The summed E-state index contributed by atoms with van der Waals surface area (Å²) in [5, 5.41) is 27.5. The van der Waals surface area contributed by atoms with Crippen LogP contribution in [0.5, 0.6) is 0 Å². The van der Waals surface area contributed by atoms with E-state index in [9.17, 15) is 33.9 Å². The number of hydrogen-bond acceptors (Lipinski definition) is 12. The van der Waals surface area contributed by atoms with E-state index in [4.69, 9.17) is 10.5 Å². The van der Waals surface area contributed by atoms with E-state index in [0.717, 1.165) is 37.7 Å². The minimum atomic E-state index is -1.37. The number of nitrogens with zero attached hydrogens (tertiary/aromatic N) is 6. The highest BCUT2D eigenvalue weighted by atomic mass is 16.5. The number of nitrogens with two attached hydrogens (primary N) is 1. The van der Waals surface area contributed by atoms with Crippen molar-refractivity contribution in [2.24, 2.45) is 11.7 Å². The maximum Gasteiger partial charge on any atom is 0.407 e. The molecule has 18 heteroatoms. The number of rotatable bonds is 18. The number of ketones is 1. The van der Waals surface area contributed by atoms with E-state index in [2.05, 4.69) is 36.2 Å². The summed E-state index contributed by atoms with van der Waals surface area (Å²) in [4.78, 5) is 90.6. The van der Waals surface area contributed by atoms with Gasteiger partial charge in [0.2, 0.25) is 17.6 Å². The van der Waals surface area contributed by atoms with Crippen molar-refractivity contribution in [2.75, 3.05) is 13.1 Å². The van der Waals surface area contributed by atoms with Gasteiger partial charge in [0.25, 0.3) is 11.8 Å². The van der Waals surface area contributed by atoms with Crippen LogP contribution < -0.4 is 21.7 Å². The zero-order valence-corrected chi connectivity index (χ0v) is 34.5. The summed E-state index contributed by atoms with van der Waals surface area (Å²) in [6.07, 6.45) is 9.78. The highest BCUT2D eigenvalue weighted by Gasteiger charge is 2.45. The van der Waals surface area contributed by atoms with Crippen LogP contribution in [0.1, 0.15) is 106 Å². The average Bonchev–Trinajstić information content (AvgIpc) is 3.94. The Kier molecular flexibility index (Phi) is 14.7. The van der Waals surface area contributed by atoms with Gasteiger partial charge in [-0.3, -0.25) is 33.9 Å². The third-order valence-corrected chi connectivity index (χ3v) is 11.3. The van der Waals surface area contributed by atoms with Gasteiger partial charge in [-0.2, -0.15) is 0 Å². The Morgan fingerprint density at radius 3 is 2.39 bits per heavy atom. The number of primary amides is 1. The van der Waals surface area contributed by atoms with Crippen molar-refractivity contribution < 1.29 is 38.6 Å². The molecule has 18 nitrogen and oxygen atoms in total. The average molecular weight is 839 g/mol. The SMILES string of the molecule is CC(C)(O)c1cnnn1[C@H]1C[C@@H](C(=O)NC(CCCCNC(=O)OCc2ccccc2)C(=O)C(N)=O)N(C(=O)[C@@H](CC2CCCCC2)NC(=O)c2ccc3nccnc3c2)C1. The molecule has 1 aliphatic carbocycles. The van der Waals surface area contributed by atoms with Crippen LogP contribution in [-0.2, 0) is 36.1 Å². The molecule has 324 valence electrons. The molecule has 4 aromatic rings. The van der Waals surface area contributed by atoms with E-state index < -0.39 is 65.3 Å². The largest absolute Gasteiger partial charge is 0.445 e. The second kappa shape index (κ2) is 20.3. The molecule has 0 spiro atoms. The van der Waals surface area contributed by atoms with Crippen molar-refractivity contribution in [1.29, 1.82) is 0 Å². The standard InChI is InChI=1S/C43H54N10O8/c1-43(2,60)36-24-48-51-53(36)30-23-35(40(57)49-32(37(54)38(44)55)15-9-10-18-47-42(59)61-26-28-13-7-4-8-14-28)52(25-30)41(58)34(21-27-11-5-3-6-12-27)50-39(56)29-16-17-31-33(22-29)46-20-19-45-31/h4,7-8,13-14,16-17,19-20,22,24,27,30,32,34-35,60H,3,5-6,9-12,15,18,21,23,25-26H2,1-2H3,(H2,44,55)(H,47,59)(H,49,57)(H,50,56)/t30-,32?,34+,35-/m0/s1. The van der Waals surface area contributed by atoms with Crippen LogP contribution in [-0.4, -0.2) is 102 Å². The van der Waals surface area contributed by atoms with Gasteiger partial charge in [0, 0.05) is 37.5 Å². The summed E-state index contributed by atoms with van der Waals surface area (Å²) < 4.78 is 6.73. The number of unbranched alkanes of at least 4 members (excludes halogenated alkanes) is 1. The fraction of sp³-hybridized carbons (Fsp3) is 0.488. The Hall–Kier alpha value is -6.30. The molecule has 2 aromatic carbocycles. The molecule has 6 rings (SSSR count). The summed E-state index contributed by atoms with van der Waals surface area (Å²) >= 11 is 0. The third-order valence-electron chi connectivity index (χ3n) is 11.3. The van der Waals surface area contributed by atoms with Gasteiger partial charge in [0.1, 0.15) is 24.3 Å². The number of carbonyl (C=O) groups is 6. The molecular weight excluding hydrogens is 785 g/mol. The smallest absolute Gasteiger partial charge is 0.407 e. The molecule has 2 aliphatic rings. The molecule has 6 N–H and O–H groups in total. The summed E-state index contributed by atoms with van der Waals surface area (Å²) in [6.45, 7) is 3.41. The Morgan fingerprint density at radius 2 is 1.67 bits per heavy atom. The Morgan fingerprint density at radius 1 is 0.934 bits per heavy atom. The summed E-state index contributed by atoms with van der Waals surface area (Å²) in [5.41, 5.74) is 6.64. The number of carbonyl (C=O) groups excluding carboxylic acids is 6. The lowest BCUT2D eigenvalue weighted by atomic mass is 9.84. The first-order valence-electron chi connectivity index (χ1n) is 20.8. The molecule has 61 heavy (non-hydrogen) atoms. The zero-order chi connectivity index (χ0) is 43.5. The van der Waals surface area contributed by atoms with Gasteiger partial charge in [-0.25, -0.2) is 9.48 Å². The topological polar surface area (TPSA) is 254 Å². The van der Waals surface area contributed by atoms with Gasteiger partial charge in [-0.1, -0.05) is 67.6 Å². The van der Waals surface area contributed by atoms with Crippen molar-refractivity contribution in [3.63, 3.8) is 0 Å². The van der Waals surface area contributed by atoms with E-state index in [1.807, 2.05) is 30.3 Å². The molecule has 4 atom stereocenters. The van der Waals surface area contributed by atoms with E-state index in [0.29, 0.717) is 36.0 Å². The first kappa shape index (κ1) is 44.3. The second-order valence-corrected chi connectivity index (χ2v) is 16.3. The molecule has 0 radical (unpaired) electrons. The lowest BCUT2D eigenvalue weighted by Gasteiger charge is -2.32. The van der Waals surface area contributed by atoms with E-state index in [-0.39, 0.29) is 44.0 Å². The molecule has 1 saturated carbocycles. The molecule has 2 aromatic heterocycles. The number of likely N-dealkylation sites (tertiary alicyclic amines) is 1. The van der Waals surface area contributed by atoms with Gasteiger partial charge in [0.15, 0.2) is 0 Å². The number of alkyl carbamates (subject to hydrolysis) is 1. The predicted octanol–water partition coefficient (Wildman–Crippen LogP) is 3.00. The maximum absolute atomic E-state index is 14.9. The van der Waals surface area contributed by atoms with Gasteiger partial charge < -0.3 is 36.4 Å². The lowest BCUT2D eigenvalue weighted by Crippen LogP contribution is -2.56. The van der Waals surface area contributed by atoms with Crippen LogP contribution >= 0.6 is 0 Å². The van der Waals surface area contributed by atoms with Gasteiger partial charge >= 0.3 is 6.09 Å². The first-order valence-corrected chi connectivity index (χ1v) is 20.8. The van der Waals surface area contributed by atoms with Crippen LogP contribution in [0.25, 0.3) is 11.0 Å². The van der Waals surface area contributed by atoms with Gasteiger partial charge in [-0.15, -0.1) is 5.10 Å². The molecule has 1 aliphatic heterocycles. The Labute approximate surface area is 353 Å². The fourth-order valence-corrected chi connectivity index (χ4v) is 8.11. The van der Waals surface area contributed by atoms with Crippen LogP contribution in [0.3, 0.4) is 0 Å². The molecule has 2 fully saturated rings. The van der Waals surface area contributed by atoms with E-state index in [1.165, 1.54) is 22.0 Å². The minimum Gasteiger partial charge on any atom is -0.445 e. The molecule has 3 heterocycles. The number of nitrogens with one attached hydrogen (secondary N) is 3. The van der Waals surface area contributed by atoms with Crippen molar-refractivity contribution in [3.8, 4) is 0 Å². The quantitative estimate of drug-likeness (QED) is 0.0717. The highest BCUT2D eigenvalue weighted by Crippen LogP contribution is 2.33. The second-order valence-electron chi connectivity index (χ2n) is 16.3. The van der Waals surface area contributed by atoms with Crippen molar-refractivity contribution >= 4 is 46.5 Å². The normalized spacial score (nSPS) is 17.9. The molecule has 5 amide bonds. The van der Waals surface area contributed by atoms with Crippen molar-refractivity contribution in [2.45, 2.75) is 114 Å². The van der Waals surface area contributed by atoms with Crippen molar-refractivity contribution in [3.05, 3.63) is 83.9 Å². The summed E-state index contributed by atoms with van der Waals surface area (Å²) in [7, 11) is 0. The van der Waals surface area contributed by atoms with Crippen LogP contribution in [0.2, 0.25) is 0 Å². The number of Topliss-reactive ketones (excluding diaryl/α,β-unsaturated/α-hetero) is 1. The molecule has 1 unspecified atom stereocenters. The van der Waals surface area contributed by atoms with Crippen LogP contribution in [0.15, 0.2) is 67.1 Å². The van der Waals surface area contributed by atoms with Gasteiger partial charge in [0.05, 0.1) is 35.0 Å². The number of aliphatic hydroxyl groups is 1. The maximum atomic E-state index is 14.9. The van der Waals surface area contributed by atoms with Gasteiger partial charge in [-0.05, 0) is 69.2 Å². The zero-order valence-electron chi connectivity index (χ0n) is 34.5. The lowest BCUT2D eigenvalue weighted by molar-refractivity contribution is -0.142. The predicted molar refractivity (Wildman–Crippen MR) is 221 cm³/mol. The highest BCUT2D eigenvalue weighted by molar-refractivity contribution is 6.37. The monoisotopic (exact) mass is 838 g/mol. The minimum absolute atomic E-state index is 0.0147. The number of hydrogen-bond donors (Lipinski definition) is 5. The Bertz CT molecular complexity index is 2190. The van der Waals surface area contributed by atoms with E-state index in [1.54, 1.807) is 38.2 Å². The number of aromatic nitrogens is 5. The number of amides is 5. The number of fused-ring (bicyclic) bond motifs is 1. The molecule has 1 saturated heterocycles. The third kappa shape index (κ3) is 11.7. The summed E-state index contributed by atoms with van der Waals surface area (Å²) in [6, 6.07) is 9.94. The van der Waals surface area contributed by atoms with Crippen molar-refractivity contribution in [1.82, 2.24) is 45.8 Å². The first-order chi connectivity index (χ1) is 29.3. The number of ether oxygens (including phenoxy) is 1. The fourth-order valence-electron chi connectivity index (χ4n) is 8.11. The number of benzene rings is 2. The summed E-state index contributed by atoms with van der Waals surface area (Å²) in [5.74, 6) is -3.82. The molecule has 0 bridgehead atoms. The Balaban J connectivity index is 1.19. The van der Waals surface area contributed by atoms with E-state index >= 15 is 0 Å². The molecular formula is C43H54N10O8. The van der Waals surface area contributed by atoms with Crippen LogP contribution in [0, 0.1) is 5.92 Å².